The number of rotatable bonds is 6. The van der Waals surface area contributed by atoms with Crippen LogP contribution in [0.1, 0.15) is 0 Å². The molecule has 0 fully saturated rings. The number of hydrogen-bond donors (Lipinski definition) is 0. The average Bonchev–Trinajstić information content (AvgIpc) is 3.59. The molecule has 10 rings (SSSR count). The molecule has 1 aromatic heterocycles. The first-order chi connectivity index (χ1) is 25.8. The number of hydrogen-bond acceptors (Lipinski definition) is 2. The van der Waals surface area contributed by atoms with Gasteiger partial charge in [-0.15, -0.1) is 0 Å². The zero-order valence-corrected chi connectivity index (χ0v) is 28.4. The molecule has 0 N–H and O–H groups in total. The van der Waals surface area contributed by atoms with Gasteiger partial charge in [0.2, 0.25) is 0 Å². The highest BCUT2D eigenvalue weighted by Gasteiger charge is 2.20. The van der Waals surface area contributed by atoms with Gasteiger partial charge in [-0.3, -0.25) is 0 Å². The minimum Gasteiger partial charge on any atom is -0.456 e. The molecule has 0 saturated carbocycles. The lowest BCUT2D eigenvalue weighted by Gasteiger charge is -2.29. The molecule has 0 unspecified atom stereocenters. The van der Waals surface area contributed by atoms with E-state index in [1.54, 1.807) is 0 Å². The van der Waals surface area contributed by atoms with Crippen molar-refractivity contribution in [3.63, 3.8) is 0 Å². The van der Waals surface area contributed by atoms with Gasteiger partial charge in [-0.2, -0.15) is 0 Å². The molecule has 0 aliphatic carbocycles. The molecule has 0 aliphatic rings. The Morgan fingerprint density at radius 2 is 0.865 bits per heavy atom. The summed E-state index contributed by atoms with van der Waals surface area (Å²) in [7, 11) is 0. The van der Waals surface area contributed by atoms with Gasteiger partial charge in [-0.25, -0.2) is 0 Å². The quantitative estimate of drug-likeness (QED) is 0.176. The van der Waals surface area contributed by atoms with Crippen LogP contribution in [0.25, 0.3) is 76.9 Å². The Hall–Kier alpha value is -6.90. The summed E-state index contributed by atoms with van der Waals surface area (Å²) in [5.74, 6) is 0. The predicted molar refractivity (Wildman–Crippen MR) is 220 cm³/mol. The average molecular weight is 664 g/mol. The molecular formula is C50H33NO. The molecule has 0 radical (unpaired) electrons. The van der Waals surface area contributed by atoms with E-state index in [1.165, 1.54) is 38.2 Å². The molecule has 0 amide bonds. The molecule has 0 spiro atoms. The molecule has 0 atom stereocenters. The highest BCUT2D eigenvalue weighted by molar-refractivity contribution is 6.06. The normalized spacial score (nSPS) is 11.5. The summed E-state index contributed by atoms with van der Waals surface area (Å²) in [5, 5.41) is 7.19. The van der Waals surface area contributed by atoms with Crippen LogP contribution in [0, 0.1) is 0 Å². The van der Waals surface area contributed by atoms with Crippen LogP contribution in [0.3, 0.4) is 0 Å². The number of nitrogens with zero attached hydrogens (tertiary/aromatic N) is 1. The van der Waals surface area contributed by atoms with Gasteiger partial charge >= 0.3 is 0 Å². The molecule has 2 heteroatoms. The van der Waals surface area contributed by atoms with Crippen LogP contribution in [-0.4, -0.2) is 0 Å². The van der Waals surface area contributed by atoms with Crippen molar-refractivity contribution in [1.29, 1.82) is 0 Å². The van der Waals surface area contributed by atoms with E-state index in [0.29, 0.717) is 0 Å². The Morgan fingerprint density at radius 1 is 0.308 bits per heavy atom. The Bertz CT molecular complexity index is 2910. The van der Waals surface area contributed by atoms with E-state index in [0.717, 1.165) is 55.7 Å². The van der Waals surface area contributed by atoms with Crippen LogP contribution >= 0.6 is 0 Å². The van der Waals surface area contributed by atoms with Crippen molar-refractivity contribution >= 4 is 60.5 Å². The number of fused-ring (bicyclic) bond motifs is 5. The second-order valence-electron chi connectivity index (χ2n) is 13.3. The fraction of sp³-hybridized carbons (Fsp3) is 0. The maximum absolute atomic E-state index is 6.24. The fourth-order valence-corrected chi connectivity index (χ4v) is 7.76. The van der Waals surface area contributed by atoms with Gasteiger partial charge in [0.05, 0.1) is 11.4 Å². The summed E-state index contributed by atoms with van der Waals surface area (Å²) in [6.45, 7) is 0. The van der Waals surface area contributed by atoms with Crippen LogP contribution in [0.2, 0.25) is 0 Å². The molecule has 244 valence electrons. The van der Waals surface area contributed by atoms with E-state index in [9.17, 15) is 0 Å². The first-order valence-electron chi connectivity index (χ1n) is 17.8. The zero-order valence-electron chi connectivity index (χ0n) is 28.4. The summed E-state index contributed by atoms with van der Waals surface area (Å²) in [6.07, 6.45) is 0. The zero-order chi connectivity index (χ0) is 34.4. The maximum atomic E-state index is 6.24. The topological polar surface area (TPSA) is 16.4 Å². The van der Waals surface area contributed by atoms with Crippen LogP contribution in [0.15, 0.2) is 205 Å². The standard InChI is InChI=1S/C50H33NO/c1-3-18-41-35(12-1)14-10-22-42(41)38-16-9-17-39(32-38)44-20-5-7-23-47(44)51(48-24-11-15-36-13-2-4-19-43(36)48)40-29-26-34(27-30-40)37-28-31-46-45-21-6-8-25-49(45)52-50(46)33-37/h1-33H. The second kappa shape index (κ2) is 12.5. The van der Waals surface area contributed by atoms with Gasteiger partial charge in [-0.05, 0) is 92.5 Å². The maximum Gasteiger partial charge on any atom is 0.136 e. The second-order valence-corrected chi connectivity index (χ2v) is 13.3. The van der Waals surface area contributed by atoms with Gasteiger partial charge in [0.25, 0.3) is 0 Å². The van der Waals surface area contributed by atoms with Crippen molar-refractivity contribution in [1.82, 2.24) is 0 Å². The number of anilines is 3. The number of para-hydroxylation sites is 2. The number of furan rings is 1. The summed E-state index contributed by atoms with van der Waals surface area (Å²) in [5.41, 5.74) is 12.2. The third-order valence-electron chi connectivity index (χ3n) is 10.3. The van der Waals surface area contributed by atoms with Gasteiger partial charge in [0, 0.05) is 27.4 Å². The van der Waals surface area contributed by atoms with Crippen molar-refractivity contribution in [3.05, 3.63) is 200 Å². The summed E-state index contributed by atoms with van der Waals surface area (Å²) >= 11 is 0. The third-order valence-corrected chi connectivity index (χ3v) is 10.3. The Labute approximate surface area is 302 Å². The minimum absolute atomic E-state index is 0.903. The summed E-state index contributed by atoms with van der Waals surface area (Å²) in [4.78, 5) is 2.41. The van der Waals surface area contributed by atoms with Gasteiger partial charge in [0.1, 0.15) is 11.2 Å². The Kier molecular flexibility index (Phi) is 7.18. The van der Waals surface area contributed by atoms with Gasteiger partial charge in [-0.1, -0.05) is 152 Å². The monoisotopic (exact) mass is 663 g/mol. The van der Waals surface area contributed by atoms with Crippen molar-refractivity contribution in [2.75, 3.05) is 4.90 Å². The van der Waals surface area contributed by atoms with E-state index in [1.807, 2.05) is 12.1 Å². The highest BCUT2D eigenvalue weighted by atomic mass is 16.3. The fourth-order valence-electron chi connectivity index (χ4n) is 7.76. The molecule has 52 heavy (non-hydrogen) atoms. The lowest BCUT2D eigenvalue weighted by molar-refractivity contribution is 0.669. The lowest BCUT2D eigenvalue weighted by Crippen LogP contribution is -2.11. The number of benzene rings is 9. The molecule has 0 saturated heterocycles. The smallest absolute Gasteiger partial charge is 0.136 e. The van der Waals surface area contributed by atoms with E-state index < -0.39 is 0 Å². The van der Waals surface area contributed by atoms with Crippen molar-refractivity contribution in [2.24, 2.45) is 0 Å². The van der Waals surface area contributed by atoms with Crippen LogP contribution in [0.4, 0.5) is 17.1 Å². The molecule has 9 aromatic carbocycles. The van der Waals surface area contributed by atoms with Gasteiger partial charge < -0.3 is 9.32 Å². The van der Waals surface area contributed by atoms with Crippen molar-refractivity contribution in [3.8, 4) is 33.4 Å². The summed E-state index contributed by atoms with van der Waals surface area (Å²) in [6, 6.07) is 71.8. The van der Waals surface area contributed by atoms with Crippen molar-refractivity contribution in [2.45, 2.75) is 0 Å². The first-order valence-corrected chi connectivity index (χ1v) is 17.8. The van der Waals surface area contributed by atoms with E-state index in [-0.39, 0.29) is 0 Å². The van der Waals surface area contributed by atoms with E-state index >= 15 is 0 Å². The Morgan fingerprint density at radius 3 is 1.71 bits per heavy atom. The molecule has 0 aliphatic heterocycles. The van der Waals surface area contributed by atoms with Crippen molar-refractivity contribution < 1.29 is 4.42 Å². The first kappa shape index (κ1) is 30.0. The largest absolute Gasteiger partial charge is 0.456 e. The van der Waals surface area contributed by atoms with E-state index in [2.05, 4.69) is 193 Å². The predicted octanol–water partition coefficient (Wildman–Crippen LogP) is 14.4. The Balaban J connectivity index is 1.11. The lowest BCUT2D eigenvalue weighted by atomic mass is 9.94. The highest BCUT2D eigenvalue weighted by Crippen LogP contribution is 2.44. The minimum atomic E-state index is 0.903. The summed E-state index contributed by atoms with van der Waals surface area (Å²) < 4.78 is 6.24. The third kappa shape index (κ3) is 5.12. The molecule has 0 bridgehead atoms. The molecular weight excluding hydrogens is 631 g/mol. The van der Waals surface area contributed by atoms with E-state index in [4.69, 9.17) is 4.42 Å². The molecule has 10 aromatic rings. The molecule has 2 nitrogen and oxygen atoms in total. The van der Waals surface area contributed by atoms with Gasteiger partial charge in [0.15, 0.2) is 0 Å². The van der Waals surface area contributed by atoms with Crippen LogP contribution in [0.5, 0.6) is 0 Å². The van der Waals surface area contributed by atoms with Crippen LogP contribution in [-0.2, 0) is 0 Å². The van der Waals surface area contributed by atoms with Crippen LogP contribution < -0.4 is 4.90 Å². The SMILES string of the molecule is c1cc(-c2ccccc2N(c2ccc(-c3ccc4c(c3)oc3ccccc34)cc2)c2cccc3ccccc23)cc(-c2cccc3ccccc23)c1. The molecule has 1 heterocycles.